The van der Waals surface area contributed by atoms with Gasteiger partial charge in [-0.1, -0.05) is 26.0 Å². The predicted octanol–water partition coefficient (Wildman–Crippen LogP) is 2.88. The molecule has 108 valence electrons. The molecule has 0 fully saturated rings. The molecule has 0 aromatic heterocycles. The zero-order valence-corrected chi connectivity index (χ0v) is 12.4. The van der Waals surface area contributed by atoms with E-state index in [1.807, 2.05) is 12.1 Å². The molecule has 19 heavy (non-hydrogen) atoms. The highest BCUT2D eigenvalue weighted by molar-refractivity contribution is 5.28. The van der Waals surface area contributed by atoms with Gasteiger partial charge in [-0.25, -0.2) is 0 Å². The number of hydrogen-bond acceptors (Lipinski definition) is 3. The van der Waals surface area contributed by atoms with E-state index in [0.717, 1.165) is 31.8 Å². The summed E-state index contributed by atoms with van der Waals surface area (Å²) in [6, 6.07) is 8.20. The summed E-state index contributed by atoms with van der Waals surface area (Å²) in [6.45, 7) is 6.65. The van der Waals surface area contributed by atoms with Crippen molar-refractivity contribution in [1.29, 1.82) is 0 Å². The lowest BCUT2D eigenvalue weighted by Crippen LogP contribution is -2.19. The van der Waals surface area contributed by atoms with E-state index < -0.39 is 0 Å². The second kappa shape index (κ2) is 8.94. The van der Waals surface area contributed by atoms with Crippen LogP contribution in [0.4, 0.5) is 0 Å². The van der Waals surface area contributed by atoms with E-state index in [-0.39, 0.29) is 0 Å². The van der Waals surface area contributed by atoms with Crippen LogP contribution in [0.3, 0.4) is 0 Å². The van der Waals surface area contributed by atoms with E-state index in [9.17, 15) is 0 Å². The molecule has 1 unspecified atom stereocenters. The van der Waals surface area contributed by atoms with E-state index in [2.05, 4.69) is 26.0 Å². The molecule has 0 saturated carbocycles. The SMILES string of the molecule is COc1cccc(CC(CN)CCOCC(C)C)c1. The van der Waals surface area contributed by atoms with E-state index in [4.69, 9.17) is 15.2 Å². The van der Waals surface area contributed by atoms with Crippen LogP contribution in [0.25, 0.3) is 0 Å². The van der Waals surface area contributed by atoms with Crippen molar-refractivity contribution in [3.8, 4) is 5.75 Å². The number of nitrogens with two attached hydrogens (primary N) is 1. The average molecular weight is 265 g/mol. The molecule has 0 aliphatic heterocycles. The molecule has 0 amide bonds. The molecule has 2 N–H and O–H groups in total. The van der Waals surface area contributed by atoms with Gasteiger partial charge in [0, 0.05) is 13.2 Å². The topological polar surface area (TPSA) is 44.5 Å². The maximum absolute atomic E-state index is 5.85. The van der Waals surface area contributed by atoms with Crippen LogP contribution in [-0.2, 0) is 11.2 Å². The molecular weight excluding hydrogens is 238 g/mol. The predicted molar refractivity (Wildman–Crippen MR) is 79.5 cm³/mol. The lowest BCUT2D eigenvalue weighted by atomic mass is 9.96. The van der Waals surface area contributed by atoms with Gasteiger partial charge in [0.25, 0.3) is 0 Å². The Labute approximate surface area is 117 Å². The third kappa shape index (κ3) is 6.60. The van der Waals surface area contributed by atoms with Crippen LogP contribution in [0, 0.1) is 11.8 Å². The second-order valence-electron chi connectivity index (χ2n) is 5.41. The number of ether oxygens (including phenoxy) is 2. The highest BCUT2D eigenvalue weighted by Gasteiger charge is 2.09. The van der Waals surface area contributed by atoms with Gasteiger partial charge in [-0.05, 0) is 48.9 Å². The highest BCUT2D eigenvalue weighted by Crippen LogP contribution is 2.17. The smallest absolute Gasteiger partial charge is 0.119 e. The summed E-state index contributed by atoms with van der Waals surface area (Å²) in [7, 11) is 1.69. The summed E-state index contributed by atoms with van der Waals surface area (Å²) >= 11 is 0. The van der Waals surface area contributed by atoms with Crippen molar-refractivity contribution in [3.63, 3.8) is 0 Å². The molecule has 0 bridgehead atoms. The molecule has 0 aliphatic rings. The van der Waals surface area contributed by atoms with Crippen LogP contribution in [0.2, 0.25) is 0 Å². The van der Waals surface area contributed by atoms with Crippen molar-refractivity contribution in [3.05, 3.63) is 29.8 Å². The molecule has 1 aromatic carbocycles. The molecule has 3 heteroatoms. The van der Waals surface area contributed by atoms with Gasteiger partial charge in [0.15, 0.2) is 0 Å². The van der Waals surface area contributed by atoms with Crippen molar-refractivity contribution in [1.82, 2.24) is 0 Å². The van der Waals surface area contributed by atoms with Crippen LogP contribution in [0.1, 0.15) is 25.8 Å². The highest BCUT2D eigenvalue weighted by atomic mass is 16.5. The Morgan fingerprint density at radius 3 is 2.68 bits per heavy atom. The fraction of sp³-hybridized carbons (Fsp3) is 0.625. The number of benzene rings is 1. The Hall–Kier alpha value is -1.06. The Bertz CT molecular complexity index is 352. The third-order valence-electron chi connectivity index (χ3n) is 3.11. The van der Waals surface area contributed by atoms with Gasteiger partial charge < -0.3 is 15.2 Å². The van der Waals surface area contributed by atoms with Gasteiger partial charge in [0.2, 0.25) is 0 Å². The molecule has 0 spiro atoms. The molecule has 1 atom stereocenters. The Morgan fingerprint density at radius 2 is 2.05 bits per heavy atom. The zero-order chi connectivity index (χ0) is 14.1. The van der Waals surface area contributed by atoms with Crippen molar-refractivity contribution in [2.24, 2.45) is 17.6 Å². The molecule has 0 saturated heterocycles. The first-order valence-electron chi connectivity index (χ1n) is 7.06. The monoisotopic (exact) mass is 265 g/mol. The second-order valence-corrected chi connectivity index (χ2v) is 5.41. The summed E-state index contributed by atoms with van der Waals surface area (Å²) < 4.78 is 10.9. The summed E-state index contributed by atoms with van der Waals surface area (Å²) in [5.74, 6) is 1.97. The lowest BCUT2D eigenvalue weighted by molar-refractivity contribution is 0.0984. The minimum atomic E-state index is 0.472. The molecule has 1 rings (SSSR count). The lowest BCUT2D eigenvalue weighted by Gasteiger charge is -2.16. The van der Waals surface area contributed by atoms with Crippen LogP contribution in [0.15, 0.2) is 24.3 Å². The standard InChI is InChI=1S/C16H27NO2/c1-13(2)12-19-8-7-15(11-17)9-14-5-4-6-16(10-14)18-3/h4-6,10,13,15H,7-9,11-12,17H2,1-3H3. The first kappa shape index (κ1) is 16.0. The Kier molecular flexibility index (Phi) is 7.53. The average Bonchev–Trinajstić information content (AvgIpc) is 2.42. The van der Waals surface area contributed by atoms with Gasteiger partial charge in [0.05, 0.1) is 7.11 Å². The molecule has 0 heterocycles. The van der Waals surface area contributed by atoms with Crippen molar-refractivity contribution in [2.45, 2.75) is 26.7 Å². The van der Waals surface area contributed by atoms with E-state index in [1.54, 1.807) is 7.11 Å². The van der Waals surface area contributed by atoms with Gasteiger partial charge in [-0.15, -0.1) is 0 Å². The molecular formula is C16H27NO2. The van der Waals surface area contributed by atoms with Crippen molar-refractivity contribution >= 4 is 0 Å². The first-order chi connectivity index (χ1) is 9.15. The van der Waals surface area contributed by atoms with Gasteiger partial charge in [-0.3, -0.25) is 0 Å². The quantitative estimate of drug-likeness (QED) is 0.698. The van der Waals surface area contributed by atoms with Crippen LogP contribution < -0.4 is 10.5 Å². The van der Waals surface area contributed by atoms with Gasteiger partial charge in [-0.2, -0.15) is 0 Å². The summed E-state index contributed by atoms with van der Waals surface area (Å²) in [5.41, 5.74) is 7.12. The van der Waals surface area contributed by atoms with Gasteiger partial charge in [0.1, 0.15) is 5.75 Å². The van der Waals surface area contributed by atoms with Crippen LogP contribution in [-0.4, -0.2) is 26.9 Å². The number of hydrogen-bond donors (Lipinski definition) is 1. The molecule has 0 aliphatic carbocycles. The minimum absolute atomic E-state index is 0.472. The van der Waals surface area contributed by atoms with Crippen molar-refractivity contribution in [2.75, 3.05) is 26.9 Å². The van der Waals surface area contributed by atoms with E-state index >= 15 is 0 Å². The van der Waals surface area contributed by atoms with Crippen LogP contribution >= 0.6 is 0 Å². The van der Waals surface area contributed by atoms with E-state index in [0.29, 0.717) is 18.4 Å². The summed E-state index contributed by atoms with van der Waals surface area (Å²) in [6.07, 6.45) is 2.00. The normalized spacial score (nSPS) is 12.7. The number of methoxy groups -OCH3 is 1. The maximum Gasteiger partial charge on any atom is 0.119 e. The molecule has 3 nitrogen and oxygen atoms in total. The maximum atomic E-state index is 5.85. The molecule has 0 radical (unpaired) electrons. The Morgan fingerprint density at radius 1 is 1.26 bits per heavy atom. The number of rotatable bonds is 9. The third-order valence-corrected chi connectivity index (χ3v) is 3.11. The van der Waals surface area contributed by atoms with Crippen molar-refractivity contribution < 1.29 is 9.47 Å². The van der Waals surface area contributed by atoms with Gasteiger partial charge >= 0.3 is 0 Å². The van der Waals surface area contributed by atoms with E-state index in [1.165, 1.54) is 5.56 Å². The Balaban J connectivity index is 2.38. The fourth-order valence-electron chi connectivity index (χ4n) is 2.01. The zero-order valence-electron chi connectivity index (χ0n) is 12.4. The fourth-order valence-corrected chi connectivity index (χ4v) is 2.01. The first-order valence-corrected chi connectivity index (χ1v) is 7.06. The summed E-state index contributed by atoms with van der Waals surface area (Å²) in [5, 5.41) is 0. The summed E-state index contributed by atoms with van der Waals surface area (Å²) in [4.78, 5) is 0. The largest absolute Gasteiger partial charge is 0.497 e. The molecule has 1 aromatic rings. The van der Waals surface area contributed by atoms with Crippen LogP contribution in [0.5, 0.6) is 5.75 Å². The minimum Gasteiger partial charge on any atom is -0.497 e.